The van der Waals surface area contributed by atoms with Gasteiger partial charge in [0.2, 0.25) is 0 Å². The molecule has 3 heterocycles. The molecule has 3 rings (SSSR count). The molecule has 3 heteroatoms. The molecule has 0 bridgehead atoms. The second kappa shape index (κ2) is 3.54. The summed E-state index contributed by atoms with van der Waals surface area (Å²) in [5, 5.41) is 0. The number of aryl methyl sites for hydroxylation is 1. The molecule has 0 saturated carbocycles. The molecule has 0 radical (unpaired) electrons. The third kappa shape index (κ3) is 1.46. The van der Waals surface area contributed by atoms with Gasteiger partial charge in [0.05, 0.1) is 12.3 Å². The van der Waals surface area contributed by atoms with Crippen LogP contribution in [-0.2, 0) is 16.9 Å². The lowest BCUT2D eigenvalue weighted by atomic mass is 9.87. The number of hydrogen-bond donors (Lipinski definition) is 0. The van der Waals surface area contributed by atoms with Crippen LogP contribution in [0.25, 0.3) is 0 Å². The van der Waals surface area contributed by atoms with Gasteiger partial charge in [-0.2, -0.15) is 0 Å². The van der Waals surface area contributed by atoms with Crippen LogP contribution < -0.4 is 0 Å². The molecule has 86 valence electrons. The largest absolute Gasteiger partial charge is 0.364 e. The van der Waals surface area contributed by atoms with E-state index in [0.717, 1.165) is 38.2 Å². The lowest BCUT2D eigenvalue weighted by molar-refractivity contribution is -0.0776. The van der Waals surface area contributed by atoms with Gasteiger partial charge in [0, 0.05) is 24.3 Å². The summed E-state index contributed by atoms with van der Waals surface area (Å²) in [4.78, 5) is 7.08. The van der Waals surface area contributed by atoms with Gasteiger partial charge in [-0.15, -0.1) is 0 Å². The molecule has 0 amide bonds. The maximum absolute atomic E-state index is 6.07. The molecule has 0 N–H and O–H groups in total. The monoisotopic (exact) mass is 218 g/mol. The summed E-state index contributed by atoms with van der Waals surface area (Å²) in [6, 6.07) is 4.25. The Balaban J connectivity index is 1.98. The average molecular weight is 218 g/mol. The number of hydrogen-bond acceptors (Lipinski definition) is 3. The Morgan fingerprint density at radius 1 is 1.31 bits per heavy atom. The van der Waals surface area contributed by atoms with Gasteiger partial charge in [-0.25, -0.2) is 0 Å². The molecule has 16 heavy (non-hydrogen) atoms. The van der Waals surface area contributed by atoms with E-state index in [1.807, 2.05) is 0 Å². The molecule has 1 fully saturated rings. The average Bonchev–Trinajstić information content (AvgIpc) is 2.62. The van der Waals surface area contributed by atoms with E-state index in [9.17, 15) is 0 Å². The highest BCUT2D eigenvalue weighted by Gasteiger charge is 2.43. The first-order valence-corrected chi connectivity index (χ1v) is 5.99. The zero-order valence-corrected chi connectivity index (χ0v) is 9.99. The van der Waals surface area contributed by atoms with Crippen LogP contribution in [0.15, 0.2) is 12.1 Å². The molecule has 2 aliphatic rings. The molecule has 2 aliphatic heterocycles. The number of pyridine rings is 1. The molecule has 3 nitrogen and oxygen atoms in total. The van der Waals surface area contributed by atoms with Crippen LogP contribution in [0.5, 0.6) is 0 Å². The summed E-state index contributed by atoms with van der Waals surface area (Å²) >= 11 is 0. The van der Waals surface area contributed by atoms with E-state index in [1.54, 1.807) is 0 Å². The number of rotatable bonds is 0. The van der Waals surface area contributed by atoms with Gasteiger partial charge in [0.15, 0.2) is 0 Å². The fourth-order valence-corrected chi connectivity index (χ4v) is 2.74. The van der Waals surface area contributed by atoms with Crippen LogP contribution in [0.2, 0.25) is 0 Å². The zero-order valence-electron chi connectivity index (χ0n) is 9.99. The highest BCUT2D eigenvalue weighted by Crippen LogP contribution is 2.42. The van der Waals surface area contributed by atoms with Gasteiger partial charge in [-0.3, -0.25) is 4.98 Å². The highest BCUT2D eigenvalue weighted by molar-refractivity contribution is 5.31. The van der Waals surface area contributed by atoms with Crippen molar-refractivity contribution >= 4 is 0 Å². The van der Waals surface area contributed by atoms with Crippen molar-refractivity contribution in [2.24, 2.45) is 0 Å². The molecular formula is C13H18N2O. The van der Waals surface area contributed by atoms with Crippen LogP contribution in [0.1, 0.15) is 29.8 Å². The van der Waals surface area contributed by atoms with Gasteiger partial charge < -0.3 is 9.64 Å². The first-order chi connectivity index (χ1) is 7.70. The van der Waals surface area contributed by atoms with E-state index >= 15 is 0 Å². The number of ether oxygens (including phenoxy) is 1. The maximum Gasteiger partial charge on any atom is 0.113 e. The molecular weight excluding hydrogens is 200 g/mol. The van der Waals surface area contributed by atoms with Crippen LogP contribution in [0.4, 0.5) is 0 Å². The van der Waals surface area contributed by atoms with Crippen molar-refractivity contribution in [3.05, 3.63) is 29.1 Å². The second-order valence-corrected chi connectivity index (χ2v) is 5.05. The van der Waals surface area contributed by atoms with E-state index in [1.165, 1.54) is 11.3 Å². The standard InChI is InChI=1S/C13H18N2O/c1-10-3-4-11-9-16-13(12(11)14-10)5-7-15(2)8-6-13/h3-4H,5-9H2,1-2H3. The van der Waals surface area contributed by atoms with Gasteiger partial charge >= 0.3 is 0 Å². The van der Waals surface area contributed by atoms with Gasteiger partial charge in [0.25, 0.3) is 0 Å². The topological polar surface area (TPSA) is 25.4 Å². The minimum atomic E-state index is -0.0755. The SMILES string of the molecule is Cc1ccc2c(n1)C1(CCN(C)CC1)OC2. The number of piperidine rings is 1. The van der Waals surface area contributed by atoms with E-state index in [0.29, 0.717) is 0 Å². The van der Waals surface area contributed by atoms with Crippen molar-refractivity contribution in [3.8, 4) is 0 Å². The van der Waals surface area contributed by atoms with Crippen molar-refractivity contribution in [2.75, 3.05) is 20.1 Å². The van der Waals surface area contributed by atoms with Crippen LogP contribution in [0.3, 0.4) is 0 Å². The maximum atomic E-state index is 6.07. The van der Waals surface area contributed by atoms with Crippen LogP contribution in [-0.4, -0.2) is 30.0 Å². The Morgan fingerprint density at radius 2 is 2.06 bits per heavy atom. The predicted octanol–water partition coefficient (Wildman–Crippen LogP) is 1.84. The van der Waals surface area contributed by atoms with E-state index in [-0.39, 0.29) is 5.60 Å². The van der Waals surface area contributed by atoms with Crippen molar-refractivity contribution < 1.29 is 4.74 Å². The summed E-state index contributed by atoms with van der Waals surface area (Å²) in [5.41, 5.74) is 3.52. The Kier molecular flexibility index (Phi) is 2.26. The second-order valence-electron chi connectivity index (χ2n) is 5.05. The summed E-state index contributed by atoms with van der Waals surface area (Å²) < 4.78 is 6.07. The molecule has 1 spiro atoms. The predicted molar refractivity (Wildman–Crippen MR) is 62.2 cm³/mol. The summed E-state index contributed by atoms with van der Waals surface area (Å²) in [5.74, 6) is 0. The fraction of sp³-hybridized carbons (Fsp3) is 0.615. The molecule has 0 aromatic carbocycles. The lowest BCUT2D eigenvalue weighted by Crippen LogP contribution is -2.41. The normalized spacial score (nSPS) is 23.6. The van der Waals surface area contributed by atoms with Crippen LogP contribution >= 0.6 is 0 Å². The Labute approximate surface area is 96.4 Å². The lowest BCUT2D eigenvalue weighted by Gasteiger charge is -2.36. The third-order valence-electron chi connectivity index (χ3n) is 3.85. The number of fused-ring (bicyclic) bond motifs is 2. The minimum Gasteiger partial charge on any atom is -0.364 e. The quantitative estimate of drug-likeness (QED) is 0.664. The smallest absolute Gasteiger partial charge is 0.113 e. The number of aromatic nitrogens is 1. The molecule has 0 unspecified atom stereocenters. The fourth-order valence-electron chi connectivity index (χ4n) is 2.74. The van der Waals surface area contributed by atoms with Crippen molar-refractivity contribution in [3.63, 3.8) is 0 Å². The molecule has 1 saturated heterocycles. The zero-order chi connectivity index (χ0) is 11.2. The van der Waals surface area contributed by atoms with E-state index in [4.69, 9.17) is 9.72 Å². The van der Waals surface area contributed by atoms with Crippen LogP contribution in [0, 0.1) is 6.92 Å². The van der Waals surface area contributed by atoms with Crippen molar-refractivity contribution in [2.45, 2.75) is 32.0 Å². The Morgan fingerprint density at radius 3 is 2.81 bits per heavy atom. The molecule has 0 aliphatic carbocycles. The van der Waals surface area contributed by atoms with Crippen molar-refractivity contribution in [1.82, 2.24) is 9.88 Å². The minimum absolute atomic E-state index is 0.0755. The van der Waals surface area contributed by atoms with Gasteiger partial charge in [-0.1, -0.05) is 6.07 Å². The molecule has 1 aromatic heterocycles. The molecule has 0 atom stereocenters. The number of likely N-dealkylation sites (tertiary alicyclic amines) is 1. The summed E-state index contributed by atoms with van der Waals surface area (Å²) in [7, 11) is 2.17. The van der Waals surface area contributed by atoms with Crippen molar-refractivity contribution in [1.29, 1.82) is 0 Å². The first kappa shape index (κ1) is 10.2. The first-order valence-electron chi connectivity index (χ1n) is 5.99. The Hall–Kier alpha value is -0.930. The Bertz CT molecular complexity index is 408. The third-order valence-corrected chi connectivity index (χ3v) is 3.85. The van der Waals surface area contributed by atoms with E-state index in [2.05, 4.69) is 31.0 Å². The summed E-state index contributed by atoms with van der Waals surface area (Å²) in [6.07, 6.45) is 2.15. The molecule has 1 aromatic rings. The van der Waals surface area contributed by atoms with Gasteiger partial charge in [0.1, 0.15) is 5.60 Å². The van der Waals surface area contributed by atoms with Gasteiger partial charge in [-0.05, 0) is 32.9 Å². The van der Waals surface area contributed by atoms with E-state index < -0.39 is 0 Å². The highest BCUT2D eigenvalue weighted by atomic mass is 16.5. The number of nitrogens with zero attached hydrogens (tertiary/aromatic N) is 2. The summed E-state index contributed by atoms with van der Waals surface area (Å²) in [6.45, 7) is 5.01.